The summed E-state index contributed by atoms with van der Waals surface area (Å²) in [7, 11) is 3.01. The highest BCUT2D eigenvalue weighted by Gasteiger charge is 2.35. The standard InChI is InChI=1S/C26H32N4O5/c1-4-35-22-11-6-5-10-20(22)24-23(25(31)34-3)21(27-26(32)28-24)17-29-12-14-30(15-13-29)18-8-7-9-19(16-18)33-2/h5-11,16,24H,4,12-15,17H2,1-3H3,(H2,27,28,32)/t24-/m1/s1. The summed E-state index contributed by atoms with van der Waals surface area (Å²) in [5.41, 5.74) is 2.76. The zero-order chi connectivity index (χ0) is 24.8. The van der Waals surface area contributed by atoms with E-state index in [1.54, 1.807) is 7.11 Å². The van der Waals surface area contributed by atoms with Gasteiger partial charge in [-0.15, -0.1) is 0 Å². The molecule has 0 bridgehead atoms. The van der Waals surface area contributed by atoms with E-state index in [1.807, 2.05) is 49.4 Å². The van der Waals surface area contributed by atoms with Crippen LogP contribution in [0.5, 0.6) is 11.5 Å². The van der Waals surface area contributed by atoms with Crippen molar-refractivity contribution in [3.63, 3.8) is 0 Å². The van der Waals surface area contributed by atoms with Crippen molar-refractivity contribution in [2.45, 2.75) is 13.0 Å². The molecule has 9 heteroatoms. The highest BCUT2D eigenvalue weighted by atomic mass is 16.5. The second-order valence-electron chi connectivity index (χ2n) is 8.35. The molecule has 35 heavy (non-hydrogen) atoms. The van der Waals surface area contributed by atoms with Crippen molar-refractivity contribution < 1.29 is 23.8 Å². The van der Waals surface area contributed by atoms with Crippen LogP contribution in [0.1, 0.15) is 18.5 Å². The Morgan fingerprint density at radius 3 is 2.54 bits per heavy atom. The quantitative estimate of drug-likeness (QED) is 0.562. The number of piperazine rings is 1. The number of ether oxygens (including phenoxy) is 3. The Bertz CT molecular complexity index is 1090. The number of hydrogen-bond acceptors (Lipinski definition) is 7. The van der Waals surface area contributed by atoms with E-state index < -0.39 is 12.0 Å². The Morgan fingerprint density at radius 1 is 1.06 bits per heavy atom. The van der Waals surface area contributed by atoms with Crippen LogP contribution in [0.2, 0.25) is 0 Å². The number of nitrogens with one attached hydrogen (secondary N) is 2. The van der Waals surface area contributed by atoms with Gasteiger partial charge in [-0.3, -0.25) is 4.90 Å². The van der Waals surface area contributed by atoms with E-state index in [-0.39, 0.29) is 6.03 Å². The summed E-state index contributed by atoms with van der Waals surface area (Å²) in [6, 6.07) is 14.4. The number of hydrogen-bond donors (Lipinski definition) is 2. The number of anilines is 1. The molecule has 1 saturated heterocycles. The van der Waals surface area contributed by atoms with Crippen LogP contribution >= 0.6 is 0 Å². The van der Waals surface area contributed by atoms with Crippen LogP contribution < -0.4 is 25.0 Å². The van der Waals surface area contributed by atoms with Crippen molar-refractivity contribution in [3.05, 3.63) is 65.4 Å². The number of amides is 2. The molecule has 0 aromatic heterocycles. The molecule has 186 valence electrons. The van der Waals surface area contributed by atoms with Crippen LogP contribution in [0, 0.1) is 0 Å². The Labute approximate surface area is 205 Å². The number of carbonyl (C=O) groups is 2. The minimum absolute atomic E-state index is 0.362. The van der Waals surface area contributed by atoms with E-state index in [2.05, 4.69) is 26.5 Å². The van der Waals surface area contributed by atoms with Gasteiger partial charge in [0, 0.05) is 55.7 Å². The SMILES string of the molecule is CCOc1ccccc1[C@H]1NC(=O)NC(CN2CCN(c3cccc(OC)c3)CC2)=C1C(=O)OC. The third-order valence-corrected chi connectivity index (χ3v) is 6.26. The van der Waals surface area contributed by atoms with Gasteiger partial charge in [0.25, 0.3) is 0 Å². The van der Waals surface area contributed by atoms with Gasteiger partial charge in [-0.2, -0.15) is 0 Å². The number of para-hydroxylation sites is 1. The number of urea groups is 1. The highest BCUT2D eigenvalue weighted by molar-refractivity contribution is 5.95. The average Bonchev–Trinajstić information content (AvgIpc) is 2.89. The lowest BCUT2D eigenvalue weighted by molar-refractivity contribution is -0.136. The maximum atomic E-state index is 12.9. The molecule has 0 spiro atoms. The maximum absolute atomic E-state index is 12.9. The monoisotopic (exact) mass is 480 g/mol. The zero-order valence-corrected chi connectivity index (χ0v) is 20.4. The van der Waals surface area contributed by atoms with Gasteiger partial charge in [0.15, 0.2) is 0 Å². The Morgan fingerprint density at radius 2 is 1.83 bits per heavy atom. The molecular formula is C26H32N4O5. The van der Waals surface area contributed by atoms with Gasteiger partial charge >= 0.3 is 12.0 Å². The first-order chi connectivity index (χ1) is 17.0. The molecule has 9 nitrogen and oxygen atoms in total. The molecule has 2 amide bonds. The van der Waals surface area contributed by atoms with Gasteiger partial charge in [-0.05, 0) is 25.1 Å². The lowest BCUT2D eigenvalue weighted by atomic mass is 9.94. The number of carbonyl (C=O) groups excluding carboxylic acids is 2. The minimum atomic E-state index is -0.674. The van der Waals surface area contributed by atoms with E-state index >= 15 is 0 Å². The van der Waals surface area contributed by atoms with Crippen LogP contribution in [0.15, 0.2) is 59.8 Å². The molecule has 0 saturated carbocycles. The van der Waals surface area contributed by atoms with Crippen molar-refractivity contribution in [1.82, 2.24) is 15.5 Å². The van der Waals surface area contributed by atoms with Crippen molar-refractivity contribution in [3.8, 4) is 11.5 Å². The lowest BCUT2D eigenvalue weighted by Crippen LogP contribution is -2.51. The second kappa shape index (κ2) is 11.1. The largest absolute Gasteiger partial charge is 0.497 e. The van der Waals surface area contributed by atoms with Crippen LogP contribution in [-0.4, -0.2) is 70.5 Å². The molecule has 2 N–H and O–H groups in total. The Kier molecular flexibility index (Phi) is 7.77. The maximum Gasteiger partial charge on any atom is 0.338 e. The minimum Gasteiger partial charge on any atom is -0.497 e. The predicted octanol–water partition coefficient (Wildman–Crippen LogP) is 2.70. The van der Waals surface area contributed by atoms with Crippen molar-refractivity contribution in [1.29, 1.82) is 0 Å². The van der Waals surface area contributed by atoms with Crippen LogP contribution in [0.25, 0.3) is 0 Å². The summed E-state index contributed by atoms with van der Waals surface area (Å²) >= 11 is 0. The van der Waals surface area contributed by atoms with E-state index in [1.165, 1.54) is 7.11 Å². The fourth-order valence-electron chi connectivity index (χ4n) is 4.53. The molecule has 2 aliphatic rings. The molecule has 1 fully saturated rings. The summed E-state index contributed by atoms with van der Waals surface area (Å²) in [5, 5.41) is 5.73. The summed E-state index contributed by atoms with van der Waals surface area (Å²) in [4.78, 5) is 30.1. The Hall–Kier alpha value is -3.72. The third-order valence-electron chi connectivity index (χ3n) is 6.26. The van der Waals surface area contributed by atoms with Gasteiger partial charge in [-0.1, -0.05) is 24.3 Å². The average molecular weight is 481 g/mol. The van der Waals surface area contributed by atoms with E-state index in [4.69, 9.17) is 14.2 Å². The fourth-order valence-corrected chi connectivity index (χ4v) is 4.53. The first kappa shape index (κ1) is 24.4. The van der Waals surface area contributed by atoms with Gasteiger partial charge in [0.2, 0.25) is 0 Å². The molecular weight excluding hydrogens is 448 g/mol. The number of benzene rings is 2. The van der Waals surface area contributed by atoms with Crippen molar-refractivity contribution in [2.75, 3.05) is 58.5 Å². The van der Waals surface area contributed by atoms with Gasteiger partial charge in [-0.25, -0.2) is 9.59 Å². The summed E-state index contributed by atoms with van der Waals surface area (Å²) in [6.07, 6.45) is 0. The van der Waals surface area contributed by atoms with Crippen LogP contribution in [0.4, 0.5) is 10.5 Å². The zero-order valence-electron chi connectivity index (χ0n) is 20.4. The molecule has 2 aromatic carbocycles. The van der Waals surface area contributed by atoms with E-state index in [9.17, 15) is 9.59 Å². The lowest BCUT2D eigenvalue weighted by Gasteiger charge is -2.38. The molecule has 0 radical (unpaired) electrons. The second-order valence-corrected chi connectivity index (χ2v) is 8.35. The molecule has 0 aliphatic carbocycles. The van der Waals surface area contributed by atoms with Gasteiger partial charge in [0.1, 0.15) is 11.5 Å². The van der Waals surface area contributed by atoms with Crippen molar-refractivity contribution in [2.24, 2.45) is 0 Å². The summed E-state index contributed by atoms with van der Waals surface area (Å²) in [5.74, 6) is 0.960. The number of rotatable bonds is 8. The van der Waals surface area contributed by atoms with Crippen LogP contribution in [-0.2, 0) is 9.53 Å². The molecule has 2 heterocycles. The normalized spacial score (nSPS) is 18.5. The van der Waals surface area contributed by atoms with Crippen LogP contribution in [0.3, 0.4) is 0 Å². The Balaban J connectivity index is 1.56. The third kappa shape index (κ3) is 5.51. The first-order valence-electron chi connectivity index (χ1n) is 11.8. The summed E-state index contributed by atoms with van der Waals surface area (Å²) in [6.45, 7) is 5.98. The summed E-state index contributed by atoms with van der Waals surface area (Å²) < 4.78 is 16.2. The van der Waals surface area contributed by atoms with Gasteiger partial charge < -0.3 is 29.7 Å². The predicted molar refractivity (Wildman–Crippen MR) is 133 cm³/mol. The smallest absolute Gasteiger partial charge is 0.338 e. The molecule has 4 rings (SSSR count). The number of nitrogens with zero attached hydrogens (tertiary/aromatic N) is 2. The highest BCUT2D eigenvalue weighted by Crippen LogP contribution is 2.34. The first-order valence-corrected chi connectivity index (χ1v) is 11.8. The molecule has 2 aromatic rings. The topological polar surface area (TPSA) is 92.4 Å². The van der Waals surface area contributed by atoms with E-state index in [0.29, 0.717) is 35.7 Å². The molecule has 2 aliphatic heterocycles. The van der Waals surface area contributed by atoms with E-state index in [0.717, 1.165) is 37.6 Å². The fraction of sp³-hybridized carbons (Fsp3) is 0.385. The number of esters is 1. The molecule has 1 atom stereocenters. The van der Waals surface area contributed by atoms with Crippen molar-refractivity contribution >= 4 is 17.7 Å². The number of methoxy groups -OCH3 is 2. The molecule has 0 unspecified atom stereocenters. The van der Waals surface area contributed by atoms with Gasteiger partial charge in [0.05, 0.1) is 32.4 Å².